The van der Waals surface area contributed by atoms with Gasteiger partial charge >= 0.3 is 0 Å². The summed E-state index contributed by atoms with van der Waals surface area (Å²) in [7, 11) is 1.68. The van der Waals surface area contributed by atoms with Crippen molar-refractivity contribution in [1.29, 1.82) is 0 Å². The molecule has 0 N–H and O–H groups in total. The Hall–Kier alpha value is -0.690. The number of alkyl halides is 1. The van der Waals surface area contributed by atoms with Crippen molar-refractivity contribution in [2.24, 2.45) is 0 Å². The molecular formula is C10H11ClO. The topological polar surface area (TPSA) is 9.23 Å². The van der Waals surface area contributed by atoms with E-state index >= 15 is 0 Å². The second-order valence-corrected chi connectivity index (χ2v) is 3.60. The molecule has 0 spiro atoms. The van der Waals surface area contributed by atoms with Crippen molar-refractivity contribution in [3.8, 4) is 5.75 Å². The maximum atomic E-state index is 6.12. The predicted molar refractivity (Wildman–Crippen MR) is 49.9 cm³/mol. The SMILES string of the molecule is COc1ccc2c(c1)C(Cl)CC2. The Bertz CT molecular complexity index is 296. The molecule has 1 aromatic rings. The average molecular weight is 183 g/mol. The Morgan fingerprint density at radius 1 is 1.50 bits per heavy atom. The van der Waals surface area contributed by atoms with E-state index in [1.165, 1.54) is 11.1 Å². The van der Waals surface area contributed by atoms with E-state index in [1.54, 1.807) is 7.11 Å². The molecule has 1 aliphatic rings. The first-order valence-electron chi connectivity index (χ1n) is 4.12. The van der Waals surface area contributed by atoms with Gasteiger partial charge in [-0.25, -0.2) is 0 Å². The van der Waals surface area contributed by atoms with Crippen LogP contribution < -0.4 is 4.74 Å². The van der Waals surface area contributed by atoms with Gasteiger partial charge in [0.15, 0.2) is 0 Å². The minimum atomic E-state index is 0.190. The molecule has 0 aromatic heterocycles. The summed E-state index contributed by atoms with van der Waals surface area (Å²) in [5, 5.41) is 0.190. The summed E-state index contributed by atoms with van der Waals surface area (Å²) in [6.45, 7) is 0. The molecule has 1 unspecified atom stereocenters. The number of methoxy groups -OCH3 is 1. The Kier molecular flexibility index (Phi) is 1.97. The van der Waals surface area contributed by atoms with Crippen molar-refractivity contribution in [3.63, 3.8) is 0 Å². The van der Waals surface area contributed by atoms with Crippen LogP contribution in [-0.2, 0) is 6.42 Å². The molecule has 0 saturated carbocycles. The van der Waals surface area contributed by atoms with Crippen LogP contribution in [0.2, 0.25) is 0 Å². The van der Waals surface area contributed by atoms with E-state index in [0.717, 1.165) is 18.6 Å². The maximum Gasteiger partial charge on any atom is 0.119 e. The highest BCUT2D eigenvalue weighted by molar-refractivity contribution is 6.21. The van der Waals surface area contributed by atoms with Crippen LogP contribution in [0.25, 0.3) is 0 Å². The van der Waals surface area contributed by atoms with Gasteiger partial charge in [-0.3, -0.25) is 0 Å². The van der Waals surface area contributed by atoms with Crippen LogP contribution in [0.4, 0.5) is 0 Å². The molecular weight excluding hydrogens is 172 g/mol. The lowest BCUT2D eigenvalue weighted by Crippen LogP contribution is -1.87. The van der Waals surface area contributed by atoms with Crippen molar-refractivity contribution in [3.05, 3.63) is 29.3 Å². The monoisotopic (exact) mass is 182 g/mol. The lowest BCUT2D eigenvalue weighted by atomic mass is 10.1. The van der Waals surface area contributed by atoms with Gasteiger partial charge in [-0.1, -0.05) is 6.07 Å². The number of halogens is 1. The van der Waals surface area contributed by atoms with Crippen LogP contribution >= 0.6 is 11.6 Å². The molecule has 12 heavy (non-hydrogen) atoms. The van der Waals surface area contributed by atoms with Gasteiger partial charge < -0.3 is 4.74 Å². The number of rotatable bonds is 1. The molecule has 64 valence electrons. The third-order valence-corrected chi connectivity index (χ3v) is 2.81. The predicted octanol–water partition coefficient (Wildman–Crippen LogP) is 2.92. The first-order valence-corrected chi connectivity index (χ1v) is 4.56. The number of fused-ring (bicyclic) bond motifs is 1. The van der Waals surface area contributed by atoms with E-state index in [2.05, 4.69) is 6.07 Å². The van der Waals surface area contributed by atoms with Gasteiger partial charge in [0.1, 0.15) is 5.75 Å². The largest absolute Gasteiger partial charge is 0.497 e. The molecule has 0 heterocycles. The molecule has 1 aliphatic carbocycles. The number of hydrogen-bond acceptors (Lipinski definition) is 1. The highest BCUT2D eigenvalue weighted by Gasteiger charge is 2.20. The summed E-state index contributed by atoms with van der Waals surface area (Å²) in [4.78, 5) is 0. The summed E-state index contributed by atoms with van der Waals surface area (Å²) in [6.07, 6.45) is 2.16. The van der Waals surface area contributed by atoms with Crippen molar-refractivity contribution in [1.82, 2.24) is 0 Å². The summed E-state index contributed by atoms with van der Waals surface area (Å²) in [6, 6.07) is 6.14. The van der Waals surface area contributed by atoms with Gasteiger partial charge in [-0.05, 0) is 36.1 Å². The molecule has 1 aromatic carbocycles. The third kappa shape index (κ3) is 1.18. The fourth-order valence-corrected chi connectivity index (χ4v) is 1.97. The smallest absolute Gasteiger partial charge is 0.119 e. The second-order valence-electron chi connectivity index (χ2n) is 3.07. The van der Waals surface area contributed by atoms with Crippen LogP contribution in [0.15, 0.2) is 18.2 Å². The molecule has 1 atom stereocenters. The van der Waals surface area contributed by atoms with Crippen LogP contribution in [0.1, 0.15) is 22.9 Å². The molecule has 0 radical (unpaired) electrons. The molecule has 0 saturated heterocycles. The van der Waals surface area contributed by atoms with Gasteiger partial charge in [0, 0.05) is 0 Å². The van der Waals surface area contributed by atoms with E-state index in [4.69, 9.17) is 16.3 Å². The first kappa shape index (κ1) is 7.93. The third-order valence-electron chi connectivity index (χ3n) is 2.36. The summed E-state index contributed by atoms with van der Waals surface area (Å²) < 4.78 is 5.13. The van der Waals surface area contributed by atoms with Crippen LogP contribution in [0.3, 0.4) is 0 Å². The van der Waals surface area contributed by atoms with E-state index in [0.29, 0.717) is 0 Å². The van der Waals surface area contributed by atoms with Crippen molar-refractivity contribution < 1.29 is 4.74 Å². The van der Waals surface area contributed by atoms with Gasteiger partial charge in [0.05, 0.1) is 12.5 Å². The normalized spacial score (nSPS) is 20.7. The molecule has 2 heteroatoms. The fraction of sp³-hybridized carbons (Fsp3) is 0.400. The summed E-state index contributed by atoms with van der Waals surface area (Å²) in [5.74, 6) is 0.904. The van der Waals surface area contributed by atoms with E-state index in [1.807, 2.05) is 12.1 Å². The minimum absolute atomic E-state index is 0.190. The number of hydrogen-bond donors (Lipinski definition) is 0. The van der Waals surface area contributed by atoms with Crippen LogP contribution in [-0.4, -0.2) is 7.11 Å². The number of ether oxygens (including phenoxy) is 1. The number of benzene rings is 1. The zero-order chi connectivity index (χ0) is 8.55. The van der Waals surface area contributed by atoms with Crippen molar-refractivity contribution in [2.45, 2.75) is 18.2 Å². The molecule has 0 bridgehead atoms. The van der Waals surface area contributed by atoms with Gasteiger partial charge in [-0.2, -0.15) is 0 Å². The number of aryl methyl sites for hydroxylation is 1. The molecule has 2 rings (SSSR count). The van der Waals surface area contributed by atoms with Crippen LogP contribution in [0.5, 0.6) is 5.75 Å². The molecule has 0 aliphatic heterocycles. The lowest BCUT2D eigenvalue weighted by Gasteiger charge is -2.05. The van der Waals surface area contributed by atoms with E-state index in [-0.39, 0.29) is 5.38 Å². The Balaban J connectivity index is 2.43. The summed E-state index contributed by atoms with van der Waals surface area (Å²) in [5.41, 5.74) is 2.62. The zero-order valence-electron chi connectivity index (χ0n) is 7.01. The molecule has 1 nitrogen and oxygen atoms in total. The standard InChI is InChI=1S/C10H11ClO/c1-12-8-4-2-7-3-5-10(11)9(7)6-8/h2,4,6,10H,3,5H2,1H3. The van der Waals surface area contributed by atoms with E-state index in [9.17, 15) is 0 Å². The maximum absolute atomic E-state index is 6.12. The quantitative estimate of drug-likeness (QED) is 0.607. The zero-order valence-corrected chi connectivity index (χ0v) is 7.77. The Morgan fingerprint density at radius 2 is 2.33 bits per heavy atom. The Morgan fingerprint density at radius 3 is 3.08 bits per heavy atom. The average Bonchev–Trinajstić information content (AvgIpc) is 2.47. The fourth-order valence-electron chi connectivity index (χ4n) is 1.66. The highest BCUT2D eigenvalue weighted by atomic mass is 35.5. The second kappa shape index (κ2) is 2.98. The summed E-state index contributed by atoms with van der Waals surface area (Å²) >= 11 is 6.12. The van der Waals surface area contributed by atoms with Gasteiger partial charge in [-0.15, -0.1) is 11.6 Å². The van der Waals surface area contributed by atoms with Crippen LogP contribution in [0, 0.1) is 0 Å². The van der Waals surface area contributed by atoms with Crippen molar-refractivity contribution >= 4 is 11.6 Å². The van der Waals surface area contributed by atoms with E-state index < -0.39 is 0 Å². The minimum Gasteiger partial charge on any atom is -0.497 e. The van der Waals surface area contributed by atoms with Crippen molar-refractivity contribution in [2.75, 3.05) is 7.11 Å². The lowest BCUT2D eigenvalue weighted by molar-refractivity contribution is 0.414. The van der Waals surface area contributed by atoms with Gasteiger partial charge in [0.25, 0.3) is 0 Å². The molecule has 0 fully saturated rings. The van der Waals surface area contributed by atoms with Gasteiger partial charge in [0.2, 0.25) is 0 Å². The Labute approximate surface area is 77.3 Å². The molecule has 0 amide bonds. The first-order chi connectivity index (χ1) is 5.81. The highest BCUT2D eigenvalue weighted by Crippen LogP contribution is 2.37.